The predicted molar refractivity (Wildman–Crippen MR) is 239 cm³/mol. The van der Waals surface area contributed by atoms with Gasteiger partial charge in [0, 0.05) is 44.0 Å². The Kier molecular flexibility index (Phi) is 9.34. The lowest BCUT2D eigenvalue weighted by Gasteiger charge is -2.49. The summed E-state index contributed by atoms with van der Waals surface area (Å²) in [6.07, 6.45) is 2.45. The van der Waals surface area contributed by atoms with Crippen molar-refractivity contribution in [2.75, 3.05) is 9.80 Å². The van der Waals surface area contributed by atoms with Crippen molar-refractivity contribution in [2.45, 2.75) is 39.2 Å². The van der Waals surface area contributed by atoms with Crippen molar-refractivity contribution in [1.82, 2.24) is 9.78 Å². The number of phenolic OH excluding ortho intramolecular Hbond substituents is 1. The lowest BCUT2D eigenvalue weighted by molar-refractivity contribution is -0.131. The van der Waals surface area contributed by atoms with Crippen molar-refractivity contribution in [3.8, 4) is 22.1 Å². The van der Waals surface area contributed by atoms with E-state index in [0.29, 0.717) is 33.5 Å². The molecule has 3 fully saturated rings. The number of aromatic nitrogens is 2. The largest absolute Gasteiger partial charge is 0.508 e. The highest BCUT2D eigenvalue weighted by Crippen LogP contribution is 2.64. The van der Waals surface area contributed by atoms with Gasteiger partial charge in [-0.05, 0) is 120 Å². The number of amides is 4. The van der Waals surface area contributed by atoms with Crippen molar-refractivity contribution in [3.05, 3.63) is 134 Å². The summed E-state index contributed by atoms with van der Waals surface area (Å²) in [4.78, 5) is 62.4. The standard InChI is InChI=1S/C47H38ClIN4O6S/c1-24-33-19-26(48)9-18-38(33)60-42(24)36-22-39(51(3)50-36)53-44(56)35-21-34-30(16-17-32-40(34)45(57)52(43(32)55)28-12-10-27(49)11-13-28)41(47(35,2)46(53)58)31-15-14-29(20-37(31)54)59-23-25-7-5-4-6-8-25/h4-16,18-20,22,32,34-35,40-41,54H,17,21,23H2,1-3H3/t32-,34+,35-,40-,41+,47+/m0/s1. The highest BCUT2D eigenvalue weighted by molar-refractivity contribution is 14.1. The molecular formula is C47H38ClIN4O6S. The predicted octanol–water partition coefficient (Wildman–Crippen LogP) is 9.59. The van der Waals surface area contributed by atoms with Gasteiger partial charge in [-0.2, -0.15) is 5.10 Å². The number of benzene rings is 4. The molecule has 0 spiro atoms. The maximum atomic E-state index is 15.3. The molecular weight excluding hydrogens is 911 g/mol. The number of hydrogen-bond donors (Lipinski definition) is 1. The molecule has 2 saturated heterocycles. The number of aromatic hydroxyl groups is 1. The molecule has 302 valence electrons. The van der Waals surface area contributed by atoms with Crippen LogP contribution < -0.4 is 14.5 Å². The van der Waals surface area contributed by atoms with Crippen LogP contribution in [0.5, 0.6) is 11.5 Å². The van der Waals surface area contributed by atoms with Crippen molar-refractivity contribution >= 4 is 90.7 Å². The average molecular weight is 949 g/mol. The van der Waals surface area contributed by atoms with Crippen molar-refractivity contribution < 1.29 is 29.0 Å². The van der Waals surface area contributed by atoms with Crippen LogP contribution in [0, 0.1) is 39.6 Å². The summed E-state index contributed by atoms with van der Waals surface area (Å²) in [6.45, 7) is 4.10. The Morgan fingerprint density at radius 2 is 1.68 bits per heavy atom. The number of anilines is 2. The third kappa shape index (κ3) is 5.88. The van der Waals surface area contributed by atoms with Gasteiger partial charge in [-0.1, -0.05) is 59.6 Å². The zero-order valence-corrected chi connectivity index (χ0v) is 36.5. The fourth-order valence-electron chi connectivity index (χ4n) is 10.2. The SMILES string of the molecule is Cc1c(-c2cc(N3C(=O)[C@@H]4C[C@@H]5C(=CC[C@@H]6C(=O)N(c7ccc(I)cc7)C(=O)[C@@H]65)[C@H](c5ccc(OCc6ccccc6)cc5O)[C@]4(C)C3=O)n(C)n2)sc2ccc(Cl)cc12. The number of fused-ring (bicyclic) bond motifs is 5. The van der Waals surface area contributed by atoms with Crippen LogP contribution in [0.1, 0.15) is 42.4 Å². The molecule has 2 aliphatic heterocycles. The Balaban J connectivity index is 1.06. The zero-order valence-electron chi connectivity index (χ0n) is 32.8. The molecule has 13 heteroatoms. The maximum Gasteiger partial charge on any atom is 0.242 e. The van der Waals surface area contributed by atoms with Crippen LogP contribution in [0.25, 0.3) is 20.7 Å². The Hall–Kier alpha value is -5.31. The monoisotopic (exact) mass is 948 g/mol. The number of ether oxygens (including phenoxy) is 1. The average Bonchev–Trinajstić information content (AvgIpc) is 3.91. The van der Waals surface area contributed by atoms with Gasteiger partial charge in [-0.25, -0.2) is 4.90 Å². The number of phenols is 1. The molecule has 2 aromatic heterocycles. The quantitative estimate of drug-likeness (QED) is 0.0962. The lowest BCUT2D eigenvalue weighted by Crippen LogP contribution is -2.49. The van der Waals surface area contributed by atoms with E-state index in [-0.39, 0.29) is 37.0 Å². The van der Waals surface area contributed by atoms with E-state index in [1.807, 2.05) is 80.6 Å². The van der Waals surface area contributed by atoms with E-state index >= 15 is 9.59 Å². The van der Waals surface area contributed by atoms with Crippen LogP contribution in [-0.2, 0) is 32.8 Å². The molecule has 1 saturated carbocycles. The highest BCUT2D eigenvalue weighted by Gasteiger charge is 2.68. The summed E-state index contributed by atoms with van der Waals surface area (Å²) >= 11 is 10.1. The van der Waals surface area contributed by atoms with Gasteiger partial charge in [0.05, 0.1) is 33.7 Å². The molecule has 4 heterocycles. The molecule has 6 aromatic rings. The van der Waals surface area contributed by atoms with Crippen LogP contribution in [-0.4, -0.2) is 38.5 Å². The first-order chi connectivity index (χ1) is 28.8. The third-order valence-corrected chi connectivity index (χ3v) is 15.4. The third-order valence-electron chi connectivity index (χ3n) is 13.1. The number of rotatable bonds is 7. The zero-order chi connectivity index (χ0) is 41.8. The Labute approximate surface area is 368 Å². The van der Waals surface area contributed by atoms with Gasteiger partial charge in [0.2, 0.25) is 23.6 Å². The summed E-state index contributed by atoms with van der Waals surface area (Å²) in [5.41, 5.74) is 2.94. The van der Waals surface area contributed by atoms with Crippen molar-refractivity contribution in [3.63, 3.8) is 0 Å². The van der Waals surface area contributed by atoms with E-state index in [1.54, 1.807) is 59.5 Å². The topological polar surface area (TPSA) is 122 Å². The van der Waals surface area contributed by atoms with Gasteiger partial charge in [0.15, 0.2) is 0 Å². The smallest absolute Gasteiger partial charge is 0.242 e. The number of thiophene rings is 1. The minimum Gasteiger partial charge on any atom is -0.508 e. The van der Waals surface area contributed by atoms with E-state index < -0.39 is 46.8 Å². The molecule has 0 unspecified atom stereocenters. The van der Waals surface area contributed by atoms with Gasteiger partial charge in [-0.3, -0.25) is 28.8 Å². The van der Waals surface area contributed by atoms with Crippen LogP contribution in [0.15, 0.2) is 109 Å². The number of allylic oxidation sites excluding steroid dienone is 2. The minimum absolute atomic E-state index is 0.0922. The Morgan fingerprint density at radius 1 is 0.917 bits per heavy atom. The normalized spacial score (nSPS) is 24.8. The molecule has 6 atom stereocenters. The second-order valence-corrected chi connectivity index (χ2v) is 19.1. The summed E-state index contributed by atoms with van der Waals surface area (Å²) in [5, 5.41) is 18.4. The number of carbonyl (C=O) groups is 4. The maximum absolute atomic E-state index is 15.3. The van der Waals surface area contributed by atoms with Crippen molar-refractivity contribution in [2.24, 2.45) is 36.1 Å². The summed E-state index contributed by atoms with van der Waals surface area (Å²) in [5.74, 6) is -4.34. The molecule has 0 bridgehead atoms. The van der Waals surface area contributed by atoms with Crippen LogP contribution in [0.2, 0.25) is 5.02 Å². The van der Waals surface area contributed by atoms with E-state index in [1.165, 1.54) is 9.80 Å². The van der Waals surface area contributed by atoms with Gasteiger partial charge in [0.1, 0.15) is 29.6 Å². The van der Waals surface area contributed by atoms with E-state index in [2.05, 4.69) is 22.6 Å². The molecule has 10 nitrogen and oxygen atoms in total. The van der Waals surface area contributed by atoms with E-state index in [9.17, 15) is 14.7 Å². The minimum atomic E-state index is -1.37. The number of carbonyl (C=O) groups excluding carboxylic acids is 4. The highest BCUT2D eigenvalue weighted by atomic mass is 127. The number of aryl methyl sites for hydroxylation is 2. The summed E-state index contributed by atoms with van der Waals surface area (Å²) in [6, 6.07) is 29.6. The summed E-state index contributed by atoms with van der Waals surface area (Å²) in [7, 11) is 1.72. The summed E-state index contributed by atoms with van der Waals surface area (Å²) < 4.78 is 9.65. The molecule has 4 aromatic carbocycles. The van der Waals surface area contributed by atoms with Gasteiger partial charge in [0.25, 0.3) is 0 Å². The number of imide groups is 2. The first kappa shape index (κ1) is 38.9. The second-order valence-electron chi connectivity index (χ2n) is 16.4. The second kappa shape index (κ2) is 14.4. The first-order valence-corrected chi connectivity index (χ1v) is 22.1. The van der Waals surface area contributed by atoms with Crippen LogP contribution in [0.3, 0.4) is 0 Å². The molecule has 10 rings (SSSR count). The number of nitrogens with zero attached hydrogens (tertiary/aromatic N) is 4. The molecule has 0 radical (unpaired) electrons. The van der Waals surface area contributed by atoms with Crippen molar-refractivity contribution in [1.29, 1.82) is 0 Å². The lowest BCUT2D eigenvalue weighted by atomic mass is 9.51. The Bertz CT molecular complexity index is 2840. The van der Waals surface area contributed by atoms with Crippen LogP contribution in [0.4, 0.5) is 11.5 Å². The number of halogens is 2. The van der Waals surface area contributed by atoms with E-state index in [0.717, 1.165) is 35.2 Å². The Morgan fingerprint density at radius 3 is 2.43 bits per heavy atom. The molecule has 60 heavy (non-hydrogen) atoms. The van der Waals surface area contributed by atoms with Crippen LogP contribution >= 0.6 is 45.5 Å². The van der Waals surface area contributed by atoms with Gasteiger partial charge >= 0.3 is 0 Å². The van der Waals surface area contributed by atoms with Gasteiger partial charge in [-0.15, -0.1) is 11.3 Å². The fourth-order valence-corrected chi connectivity index (χ4v) is 11.9. The van der Waals surface area contributed by atoms with E-state index in [4.69, 9.17) is 21.4 Å². The fraction of sp³-hybridized carbons (Fsp3) is 0.255. The van der Waals surface area contributed by atoms with Gasteiger partial charge < -0.3 is 9.84 Å². The molecule has 4 amide bonds. The molecule has 1 N–H and O–H groups in total. The molecule has 4 aliphatic rings. The number of hydrogen-bond acceptors (Lipinski definition) is 8. The molecule has 2 aliphatic carbocycles. The first-order valence-electron chi connectivity index (χ1n) is 19.8.